The van der Waals surface area contributed by atoms with Gasteiger partial charge in [-0.25, -0.2) is 8.42 Å². The molecule has 0 saturated heterocycles. The zero-order valence-corrected chi connectivity index (χ0v) is 15.1. The number of anilines is 1. The largest absolute Gasteiger partial charge is 0.490 e. The average Bonchev–Trinajstić information content (AvgIpc) is 2.62. The molecule has 0 saturated carbocycles. The lowest BCUT2D eigenvalue weighted by molar-refractivity contribution is 0.344. The van der Waals surface area contributed by atoms with Crippen molar-refractivity contribution < 1.29 is 13.2 Å². The van der Waals surface area contributed by atoms with Crippen LogP contribution in [-0.2, 0) is 15.6 Å². The van der Waals surface area contributed by atoms with Crippen LogP contribution in [0.4, 0.5) is 5.69 Å². The second-order valence-electron chi connectivity index (χ2n) is 5.60. The standard InChI is InChI=1S/C19H18ClNO3S/c20-11-12-24-17-9-3-7-15(19(17)21)13-25(22,23)18-10-4-6-14-5-1-2-8-16(14)18/h1-10H,11-13,21H2. The summed E-state index contributed by atoms with van der Waals surface area (Å²) >= 11 is 5.62. The van der Waals surface area contributed by atoms with Gasteiger partial charge in [0.25, 0.3) is 0 Å². The molecule has 0 aliphatic carbocycles. The van der Waals surface area contributed by atoms with Crippen LogP contribution in [0.15, 0.2) is 65.6 Å². The number of alkyl halides is 1. The Morgan fingerprint density at radius 2 is 1.68 bits per heavy atom. The third kappa shape index (κ3) is 3.72. The minimum atomic E-state index is -3.56. The van der Waals surface area contributed by atoms with Crippen LogP contribution in [0.25, 0.3) is 10.8 Å². The molecule has 0 bridgehead atoms. The van der Waals surface area contributed by atoms with E-state index in [2.05, 4.69) is 0 Å². The zero-order chi connectivity index (χ0) is 17.9. The Balaban J connectivity index is 1.99. The lowest BCUT2D eigenvalue weighted by Gasteiger charge is -2.13. The van der Waals surface area contributed by atoms with Gasteiger partial charge >= 0.3 is 0 Å². The summed E-state index contributed by atoms with van der Waals surface area (Å²) in [6.45, 7) is 0.311. The molecule has 0 heterocycles. The van der Waals surface area contributed by atoms with Crippen molar-refractivity contribution in [2.45, 2.75) is 10.6 Å². The Morgan fingerprint density at radius 3 is 2.48 bits per heavy atom. The van der Waals surface area contributed by atoms with Gasteiger partial charge in [-0.1, -0.05) is 48.5 Å². The summed E-state index contributed by atoms with van der Waals surface area (Å²) < 4.78 is 31.4. The van der Waals surface area contributed by atoms with Crippen molar-refractivity contribution in [3.8, 4) is 5.75 Å². The maximum atomic E-state index is 13.0. The molecule has 130 valence electrons. The third-order valence-electron chi connectivity index (χ3n) is 3.92. The van der Waals surface area contributed by atoms with Crippen molar-refractivity contribution in [3.63, 3.8) is 0 Å². The molecular weight excluding hydrogens is 358 g/mol. The number of hydrogen-bond acceptors (Lipinski definition) is 4. The van der Waals surface area contributed by atoms with Gasteiger partial charge in [-0.3, -0.25) is 0 Å². The Labute approximate surface area is 152 Å². The maximum Gasteiger partial charge on any atom is 0.183 e. The van der Waals surface area contributed by atoms with E-state index in [9.17, 15) is 8.42 Å². The molecule has 3 rings (SSSR count). The highest BCUT2D eigenvalue weighted by molar-refractivity contribution is 7.90. The summed E-state index contributed by atoms with van der Waals surface area (Å²) in [6, 6.07) is 17.8. The molecule has 25 heavy (non-hydrogen) atoms. The molecule has 3 aromatic carbocycles. The number of sulfone groups is 1. The third-order valence-corrected chi connectivity index (χ3v) is 5.79. The molecular formula is C19H18ClNO3S. The van der Waals surface area contributed by atoms with E-state index in [-0.39, 0.29) is 5.75 Å². The minimum Gasteiger partial charge on any atom is -0.490 e. The highest BCUT2D eigenvalue weighted by Gasteiger charge is 2.20. The molecule has 4 nitrogen and oxygen atoms in total. The van der Waals surface area contributed by atoms with Gasteiger partial charge in [-0.2, -0.15) is 0 Å². The van der Waals surface area contributed by atoms with Crippen molar-refractivity contribution in [3.05, 3.63) is 66.2 Å². The second kappa shape index (κ2) is 7.33. The number of hydrogen-bond donors (Lipinski definition) is 1. The Bertz CT molecular complexity index is 997. The lowest BCUT2D eigenvalue weighted by atomic mass is 10.1. The molecule has 0 radical (unpaired) electrons. The number of ether oxygens (including phenoxy) is 1. The first kappa shape index (κ1) is 17.6. The van der Waals surface area contributed by atoms with Gasteiger partial charge in [0.05, 0.1) is 22.2 Å². The highest BCUT2D eigenvalue weighted by Crippen LogP contribution is 2.30. The molecule has 2 N–H and O–H groups in total. The van der Waals surface area contributed by atoms with E-state index in [1.807, 2.05) is 30.3 Å². The van der Waals surface area contributed by atoms with Gasteiger partial charge in [-0.05, 0) is 23.1 Å². The van der Waals surface area contributed by atoms with Crippen LogP contribution in [0, 0.1) is 0 Å². The second-order valence-corrected chi connectivity index (χ2v) is 7.94. The molecule has 0 spiro atoms. The van der Waals surface area contributed by atoms with Gasteiger partial charge in [0, 0.05) is 5.39 Å². The van der Waals surface area contributed by atoms with Crippen LogP contribution in [0.1, 0.15) is 5.56 Å². The highest BCUT2D eigenvalue weighted by atomic mass is 35.5. The number of benzene rings is 3. The first-order chi connectivity index (χ1) is 12.0. The monoisotopic (exact) mass is 375 g/mol. The van der Waals surface area contributed by atoms with Crippen LogP contribution in [0.2, 0.25) is 0 Å². The topological polar surface area (TPSA) is 69.4 Å². The summed E-state index contributed by atoms with van der Waals surface area (Å²) in [6.07, 6.45) is 0. The summed E-state index contributed by atoms with van der Waals surface area (Å²) in [5.41, 5.74) is 6.93. The molecule has 3 aromatic rings. The van der Waals surface area contributed by atoms with E-state index in [4.69, 9.17) is 22.1 Å². The van der Waals surface area contributed by atoms with Crippen LogP contribution >= 0.6 is 11.6 Å². The van der Waals surface area contributed by atoms with Crippen LogP contribution in [0.5, 0.6) is 5.75 Å². The summed E-state index contributed by atoms with van der Waals surface area (Å²) in [5, 5.41) is 1.59. The molecule has 0 aliphatic heterocycles. The van der Waals surface area contributed by atoms with E-state index in [1.54, 1.807) is 30.3 Å². The summed E-state index contributed by atoms with van der Waals surface area (Å²) in [4.78, 5) is 0.303. The van der Waals surface area contributed by atoms with Crippen LogP contribution in [0.3, 0.4) is 0 Å². The zero-order valence-electron chi connectivity index (χ0n) is 13.5. The number of fused-ring (bicyclic) bond motifs is 1. The number of halogens is 1. The van der Waals surface area contributed by atoms with E-state index in [0.717, 1.165) is 5.39 Å². The molecule has 0 atom stereocenters. The van der Waals surface area contributed by atoms with E-state index in [0.29, 0.717) is 39.8 Å². The molecule has 0 amide bonds. The molecule has 6 heteroatoms. The number of nitrogens with two attached hydrogens (primary N) is 1. The predicted molar refractivity (Wildman–Crippen MR) is 102 cm³/mol. The Kier molecular flexibility index (Phi) is 5.16. The van der Waals surface area contributed by atoms with E-state index < -0.39 is 9.84 Å². The number of para-hydroxylation sites is 1. The summed E-state index contributed by atoms with van der Waals surface area (Å²) in [5.74, 6) is 0.592. The predicted octanol–water partition coefficient (Wildman–Crippen LogP) is 4.01. The molecule has 0 aromatic heterocycles. The molecule has 0 aliphatic rings. The average molecular weight is 376 g/mol. The Morgan fingerprint density at radius 1 is 0.960 bits per heavy atom. The molecule has 0 unspecified atom stereocenters. The van der Waals surface area contributed by atoms with Crippen molar-refractivity contribution in [1.29, 1.82) is 0 Å². The fourth-order valence-corrected chi connectivity index (χ4v) is 4.44. The smallest absolute Gasteiger partial charge is 0.183 e. The van der Waals surface area contributed by atoms with Gasteiger partial charge < -0.3 is 10.5 Å². The number of nitrogen functional groups attached to an aromatic ring is 1. The van der Waals surface area contributed by atoms with Gasteiger partial charge in [0.1, 0.15) is 12.4 Å². The van der Waals surface area contributed by atoms with Gasteiger partial charge in [0.15, 0.2) is 9.84 Å². The lowest BCUT2D eigenvalue weighted by Crippen LogP contribution is -2.09. The van der Waals surface area contributed by atoms with Gasteiger partial charge in [-0.15, -0.1) is 11.6 Å². The fourth-order valence-electron chi connectivity index (χ4n) is 2.74. The Hall–Kier alpha value is -2.24. The van der Waals surface area contributed by atoms with Crippen molar-refractivity contribution in [1.82, 2.24) is 0 Å². The fraction of sp³-hybridized carbons (Fsp3) is 0.158. The first-order valence-electron chi connectivity index (χ1n) is 7.79. The molecule has 0 fully saturated rings. The van der Waals surface area contributed by atoms with E-state index in [1.165, 1.54) is 0 Å². The van der Waals surface area contributed by atoms with Crippen molar-refractivity contribution >= 4 is 37.9 Å². The minimum absolute atomic E-state index is 0.190. The SMILES string of the molecule is Nc1c(CS(=O)(=O)c2cccc3ccccc23)cccc1OCCCl. The van der Waals surface area contributed by atoms with Gasteiger partial charge in [0.2, 0.25) is 0 Å². The number of rotatable bonds is 6. The van der Waals surface area contributed by atoms with E-state index >= 15 is 0 Å². The maximum absolute atomic E-state index is 13.0. The quantitative estimate of drug-likeness (QED) is 0.522. The summed E-state index contributed by atoms with van der Waals surface area (Å²) in [7, 11) is -3.56. The normalized spacial score (nSPS) is 11.6. The van der Waals surface area contributed by atoms with Crippen LogP contribution < -0.4 is 10.5 Å². The first-order valence-corrected chi connectivity index (χ1v) is 9.98. The van der Waals surface area contributed by atoms with Crippen LogP contribution in [-0.4, -0.2) is 20.9 Å². The van der Waals surface area contributed by atoms with Crippen molar-refractivity contribution in [2.24, 2.45) is 0 Å². The van der Waals surface area contributed by atoms with Crippen molar-refractivity contribution in [2.75, 3.05) is 18.2 Å².